The zero-order chi connectivity index (χ0) is 20.1. The van der Waals surface area contributed by atoms with Crippen molar-refractivity contribution in [3.05, 3.63) is 89.5 Å². The SMILES string of the molecule is O=C(NCc1nc(-c2cccc(Cl)c2)no1)c1ccc(Oc2cccnc2)cc1. The Hall–Kier alpha value is -3.71. The van der Waals surface area contributed by atoms with Crippen molar-refractivity contribution in [2.75, 3.05) is 0 Å². The quantitative estimate of drug-likeness (QED) is 0.506. The second-order valence-corrected chi connectivity index (χ2v) is 6.46. The lowest BCUT2D eigenvalue weighted by Gasteiger charge is -2.06. The number of ether oxygens (including phenoxy) is 1. The van der Waals surface area contributed by atoms with Gasteiger partial charge in [0, 0.05) is 22.3 Å². The van der Waals surface area contributed by atoms with Crippen LogP contribution in [0.1, 0.15) is 16.2 Å². The Kier molecular flexibility index (Phi) is 5.49. The zero-order valence-corrected chi connectivity index (χ0v) is 15.8. The molecule has 2 aromatic heterocycles. The van der Waals surface area contributed by atoms with Crippen LogP contribution >= 0.6 is 11.6 Å². The van der Waals surface area contributed by atoms with Gasteiger partial charge in [0.15, 0.2) is 0 Å². The largest absolute Gasteiger partial charge is 0.456 e. The maximum atomic E-state index is 12.3. The Labute approximate surface area is 171 Å². The summed E-state index contributed by atoms with van der Waals surface area (Å²) in [5, 5.41) is 7.24. The highest BCUT2D eigenvalue weighted by Gasteiger charge is 2.11. The molecule has 0 aliphatic carbocycles. The highest BCUT2D eigenvalue weighted by atomic mass is 35.5. The highest BCUT2D eigenvalue weighted by Crippen LogP contribution is 2.21. The van der Waals surface area contributed by atoms with Gasteiger partial charge in [0.1, 0.15) is 11.5 Å². The molecule has 29 heavy (non-hydrogen) atoms. The van der Waals surface area contributed by atoms with Gasteiger partial charge in [-0.25, -0.2) is 0 Å². The fourth-order valence-electron chi connectivity index (χ4n) is 2.55. The first-order valence-electron chi connectivity index (χ1n) is 8.72. The third-order valence-electron chi connectivity index (χ3n) is 3.94. The molecular formula is C21H15ClN4O3. The molecule has 2 aromatic carbocycles. The van der Waals surface area contributed by atoms with Crippen LogP contribution in [0.25, 0.3) is 11.4 Å². The normalized spacial score (nSPS) is 10.5. The van der Waals surface area contributed by atoms with E-state index in [-0.39, 0.29) is 12.5 Å². The number of carbonyl (C=O) groups excluding carboxylic acids is 1. The third kappa shape index (κ3) is 4.77. The molecule has 1 N–H and O–H groups in total. The molecule has 1 amide bonds. The molecule has 0 fully saturated rings. The Morgan fingerprint density at radius 3 is 2.69 bits per heavy atom. The fourth-order valence-corrected chi connectivity index (χ4v) is 2.74. The number of hydrogen-bond acceptors (Lipinski definition) is 6. The first-order valence-corrected chi connectivity index (χ1v) is 9.10. The van der Waals surface area contributed by atoms with Crippen LogP contribution in [0.15, 0.2) is 77.6 Å². The number of halogens is 1. The van der Waals surface area contributed by atoms with E-state index in [9.17, 15) is 4.79 Å². The second-order valence-electron chi connectivity index (χ2n) is 6.02. The lowest BCUT2D eigenvalue weighted by Crippen LogP contribution is -2.22. The molecule has 0 spiro atoms. The Morgan fingerprint density at radius 2 is 1.93 bits per heavy atom. The summed E-state index contributed by atoms with van der Waals surface area (Å²) in [5.74, 6) is 1.67. The average molecular weight is 407 g/mol. The van der Waals surface area contributed by atoms with E-state index in [2.05, 4.69) is 20.4 Å². The molecule has 0 aliphatic rings. The molecule has 7 nitrogen and oxygen atoms in total. The van der Waals surface area contributed by atoms with Crippen LogP contribution in [0.4, 0.5) is 0 Å². The Morgan fingerprint density at radius 1 is 1.07 bits per heavy atom. The first kappa shape index (κ1) is 18.6. The molecular weight excluding hydrogens is 392 g/mol. The summed E-state index contributed by atoms with van der Waals surface area (Å²) in [5.41, 5.74) is 1.22. The van der Waals surface area contributed by atoms with E-state index in [1.54, 1.807) is 67.0 Å². The van der Waals surface area contributed by atoms with Crippen molar-refractivity contribution in [2.24, 2.45) is 0 Å². The highest BCUT2D eigenvalue weighted by molar-refractivity contribution is 6.30. The van der Waals surface area contributed by atoms with Crippen molar-refractivity contribution < 1.29 is 14.1 Å². The summed E-state index contributed by atoms with van der Waals surface area (Å²) < 4.78 is 10.8. The average Bonchev–Trinajstić information content (AvgIpc) is 3.22. The summed E-state index contributed by atoms with van der Waals surface area (Å²) >= 11 is 5.97. The van der Waals surface area contributed by atoms with Crippen LogP contribution in [0.2, 0.25) is 5.02 Å². The molecule has 0 bridgehead atoms. The minimum atomic E-state index is -0.263. The van der Waals surface area contributed by atoms with Gasteiger partial charge < -0.3 is 14.6 Å². The Bertz CT molecular complexity index is 1110. The molecule has 0 atom stereocenters. The van der Waals surface area contributed by atoms with Crippen molar-refractivity contribution in [1.29, 1.82) is 0 Å². The Balaban J connectivity index is 1.35. The van der Waals surface area contributed by atoms with Gasteiger partial charge >= 0.3 is 0 Å². The molecule has 2 heterocycles. The lowest BCUT2D eigenvalue weighted by molar-refractivity contribution is 0.0946. The predicted octanol–water partition coefficient (Wildman–Crippen LogP) is 4.51. The van der Waals surface area contributed by atoms with Crippen LogP contribution in [-0.4, -0.2) is 21.0 Å². The summed E-state index contributed by atoms with van der Waals surface area (Å²) in [6.07, 6.45) is 3.28. The van der Waals surface area contributed by atoms with Crippen molar-refractivity contribution in [3.8, 4) is 22.9 Å². The molecule has 144 valence electrons. The number of benzene rings is 2. The van der Waals surface area contributed by atoms with Crippen LogP contribution in [0.3, 0.4) is 0 Å². The van der Waals surface area contributed by atoms with Crippen LogP contribution in [-0.2, 0) is 6.54 Å². The summed E-state index contributed by atoms with van der Waals surface area (Å²) in [4.78, 5) is 20.6. The van der Waals surface area contributed by atoms with Crippen molar-refractivity contribution in [2.45, 2.75) is 6.54 Å². The number of pyridine rings is 1. The van der Waals surface area contributed by atoms with E-state index in [1.807, 2.05) is 6.07 Å². The predicted molar refractivity (Wildman–Crippen MR) is 107 cm³/mol. The number of nitrogens with one attached hydrogen (secondary N) is 1. The van der Waals surface area contributed by atoms with Gasteiger partial charge in [0.25, 0.3) is 5.91 Å². The molecule has 0 radical (unpaired) electrons. The van der Waals surface area contributed by atoms with Gasteiger partial charge in [-0.3, -0.25) is 9.78 Å². The van der Waals surface area contributed by atoms with E-state index in [4.69, 9.17) is 20.9 Å². The molecule has 0 saturated carbocycles. The minimum Gasteiger partial charge on any atom is -0.456 e. The molecule has 4 rings (SSSR count). The molecule has 0 aliphatic heterocycles. The molecule has 8 heteroatoms. The number of aromatic nitrogens is 3. The summed E-state index contributed by atoms with van der Waals surface area (Å²) in [6, 6.07) is 17.5. The number of amides is 1. The van der Waals surface area contributed by atoms with Gasteiger partial charge in [-0.15, -0.1) is 0 Å². The van der Waals surface area contributed by atoms with E-state index >= 15 is 0 Å². The number of nitrogens with zero attached hydrogens (tertiary/aromatic N) is 3. The van der Waals surface area contributed by atoms with Crippen molar-refractivity contribution >= 4 is 17.5 Å². The number of carbonyl (C=O) groups is 1. The van der Waals surface area contributed by atoms with E-state index < -0.39 is 0 Å². The maximum absolute atomic E-state index is 12.3. The van der Waals surface area contributed by atoms with Crippen LogP contribution < -0.4 is 10.1 Å². The topological polar surface area (TPSA) is 90.1 Å². The van der Waals surface area contributed by atoms with E-state index in [0.29, 0.717) is 33.8 Å². The number of rotatable bonds is 6. The zero-order valence-electron chi connectivity index (χ0n) is 15.1. The van der Waals surface area contributed by atoms with E-state index in [0.717, 1.165) is 5.56 Å². The second kappa shape index (κ2) is 8.53. The smallest absolute Gasteiger partial charge is 0.251 e. The fraction of sp³-hybridized carbons (Fsp3) is 0.0476. The van der Waals surface area contributed by atoms with E-state index in [1.165, 1.54) is 0 Å². The first-order chi connectivity index (χ1) is 14.2. The van der Waals surface area contributed by atoms with Crippen LogP contribution in [0.5, 0.6) is 11.5 Å². The third-order valence-corrected chi connectivity index (χ3v) is 4.17. The number of hydrogen-bond donors (Lipinski definition) is 1. The summed E-state index contributed by atoms with van der Waals surface area (Å²) in [7, 11) is 0. The molecule has 0 unspecified atom stereocenters. The lowest BCUT2D eigenvalue weighted by atomic mass is 10.2. The minimum absolute atomic E-state index is 0.111. The molecule has 4 aromatic rings. The standard InChI is InChI=1S/C21H15ClN4O3/c22-16-4-1-3-15(11-16)20-25-19(29-26-20)13-24-21(27)14-6-8-17(9-7-14)28-18-5-2-10-23-12-18/h1-12H,13H2,(H,24,27). The van der Waals surface area contributed by atoms with Gasteiger partial charge in [0.05, 0.1) is 12.7 Å². The van der Waals surface area contributed by atoms with Crippen molar-refractivity contribution in [3.63, 3.8) is 0 Å². The van der Waals surface area contributed by atoms with Gasteiger partial charge in [-0.2, -0.15) is 4.98 Å². The van der Waals surface area contributed by atoms with Gasteiger partial charge in [-0.05, 0) is 48.5 Å². The monoisotopic (exact) mass is 406 g/mol. The van der Waals surface area contributed by atoms with Gasteiger partial charge in [0.2, 0.25) is 11.7 Å². The van der Waals surface area contributed by atoms with Crippen molar-refractivity contribution in [1.82, 2.24) is 20.4 Å². The van der Waals surface area contributed by atoms with Crippen LogP contribution in [0, 0.1) is 0 Å². The maximum Gasteiger partial charge on any atom is 0.251 e. The summed E-state index contributed by atoms with van der Waals surface area (Å²) in [6.45, 7) is 0.111. The molecule has 0 saturated heterocycles. The van der Waals surface area contributed by atoms with Gasteiger partial charge in [-0.1, -0.05) is 28.9 Å².